The van der Waals surface area contributed by atoms with Crippen molar-refractivity contribution in [2.75, 3.05) is 9.80 Å². The lowest BCUT2D eigenvalue weighted by atomic mass is 9.33. The van der Waals surface area contributed by atoms with Crippen molar-refractivity contribution >= 4 is 68.8 Å². The van der Waals surface area contributed by atoms with Crippen LogP contribution in [-0.4, -0.2) is 16.7 Å². The van der Waals surface area contributed by atoms with Crippen LogP contribution >= 0.6 is 11.6 Å². The second-order valence-electron chi connectivity index (χ2n) is 17.9. The van der Waals surface area contributed by atoms with Crippen molar-refractivity contribution in [1.82, 2.24) is 9.97 Å². The molecule has 2 aromatic heterocycles. The molecule has 11 aromatic rings. The van der Waals surface area contributed by atoms with Gasteiger partial charge in [-0.3, -0.25) is 9.97 Å². The van der Waals surface area contributed by atoms with E-state index >= 15 is 0 Å². The zero-order valence-corrected chi connectivity index (χ0v) is 38.7. The van der Waals surface area contributed by atoms with E-state index in [2.05, 4.69) is 238 Å². The Bertz CT molecular complexity index is 3370. The number of hydrogen-bond donors (Lipinski definition) is 0. The minimum atomic E-state index is -0.168. The van der Waals surface area contributed by atoms with Crippen molar-refractivity contribution in [1.29, 1.82) is 0 Å². The van der Waals surface area contributed by atoms with Crippen molar-refractivity contribution in [3.8, 4) is 66.8 Å². The van der Waals surface area contributed by atoms with Crippen LogP contribution in [0.4, 0.5) is 34.1 Å². The maximum Gasteiger partial charge on any atom is 0.252 e. The van der Waals surface area contributed by atoms with Gasteiger partial charge in [0.25, 0.3) is 6.71 Å². The van der Waals surface area contributed by atoms with Gasteiger partial charge in [0.05, 0.1) is 11.4 Å². The Balaban J connectivity index is 1.18. The smallest absolute Gasteiger partial charge is 0.252 e. The lowest BCUT2D eigenvalue weighted by Crippen LogP contribution is -2.61. The monoisotopic (exact) mass is 912 g/mol. The van der Waals surface area contributed by atoms with Crippen molar-refractivity contribution in [2.24, 2.45) is 0 Å². The topological polar surface area (TPSA) is 32.3 Å². The van der Waals surface area contributed by atoms with E-state index in [1.54, 1.807) is 0 Å². The molecule has 0 saturated carbocycles. The predicted octanol–water partition coefficient (Wildman–Crippen LogP) is 15.2. The third-order valence-electron chi connectivity index (χ3n) is 13.9. The van der Waals surface area contributed by atoms with Gasteiger partial charge in [-0.1, -0.05) is 206 Å². The molecule has 6 heteroatoms. The number of anilines is 6. The zero-order chi connectivity index (χ0) is 46.5. The van der Waals surface area contributed by atoms with Gasteiger partial charge in [-0.05, 0) is 86.2 Å². The molecule has 0 N–H and O–H groups in total. The number of rotatable bonds is 8. The Hall–Kier alpha value is -8.77. The zero-order valence-electron chi connectivity index (χ0n) is 38.0. The van der Waals surface area contributed by atoms with Crippen LogP contribution in [0, 0.1) is 0 Å². The Morgan fingerprint density at radius 1 is 0.314 bits per heavy atom. The summed E-state index contributed by atoms with van der Waals surface area (Å²) in [5, 5.41) is 0.637. The van der Waals surface area contributed by atoms with Gasteiger partial charge in [-0.25, -0.2) is 0 Å². The Labute approximate surface area is 413 Å². The molecule has 0 radical (unpaired) electrons. The number of aromatic nitrogens is 2. The van der Waals surface area contributed by atoms with Gasteiger partial charge in [-0.2, -0.15) is 0 Å². The summed E-state index contributed by atoms with van der Waals surface area (Å²) in [5.74, 6) is 0. The molecule has 4 heterocycles. The maximum absolute atomic E-state index is 7.70. The Kier molecular flexibility index (Phi) is 10.3. The molecule has 0 unspecified atom stereocenters. The van der Waals surface area contributed by atoms with E-state index in [4.69, 9.17) is 11.6 Å². The number of nitrogens with zero attached hydrogens (tertiary/aromatic N) is 4. The number of fused-ring (bicyclic) bond motifs is 4. The fourth-order valence-electron chi connectivity index (χ4n) is 10.8. The molecule has 9 aromatic carbocycles. The van der Waals surface area contributed by atoms with E-state index in [0.717, 1.165) is 101 Å². The third-order valence-corrected chi connectivity index (χ3v) is 14.1. The van der Waals surface area contributed by atoms with E-state index in [1.807, 2.05) is 36.9 Å². The van der Waals surface area contributed by atoms with E-state index in [9.17, 15) is 0 Å². The summed E-state index contributed by atoms with van der Waals surface area (Å²) < 4.78 is 0. The molecule has 2 aliphatic rings. The molecule has 0 atom stereocenters. The lowest BCUT2D eigenvalue weighted by molar-refractivity contribution is 1.25. The average molecular weight is 913 g/mol. The van der Waals surface area contributed by atoms with Crippen LogP contribution in [0.15, 0.2) is 255 Å². The summed E-state index contributed by atoms with van der Waals surface area (Å²) in [7, 11) is 0. The summed E-state index contributed by atoms with van der Waals surface area (Å²) in [6.45, 7) is -0.168. The first-order chi connectivity index (χ1) is 34.7. The van der Waals surface area contributed by atoms with E-state index in [0.29, 0.717) is 5.02 Å². The van der Waals surface area contributed by atoms with Crippen LogP contribution in [0.3, 0.4) is 0 Å². The molecule has 2 aliphatic heterocycles. The first kappa shape index (κ1) is 41.4. The molecular weight excluding hydrogens is 871 g/mol. The third kappa shape index (κ3) is 7.01. The molecule has 0 aliphatic carbocycles. The van der Waals surface area contributed by atoms with Gasteiger partial charge in [0.2, 0.25) is 0 Å². The summed E-state index contributed by atoms with van der Waals surface area (Å²) in [5.41, 5.74) is 23.1. The highest BCUT2D eigenvalue weighted by atomic mass is 35.5. The maximum atomic E-state index is 7.70. The SMILES string of the molecule is Clc1cc2c3c(c1)N(c1c(-c4ccccc4)cccc1-c1ccccc1)c1cc(-c4cccnc4)ccc1B3c1ccc(-c3cccnc3)cc1N2c1c(-c2ccccc2)cccc1-c1ccccc1. The van der Waals surface area contributed by atoms with Gasteiger partial charge in [0.15, 0.2) is 0 Å². The normalized spacial score (nSPS) is 12.3. The standard InChI is InChI=1S/C64H42BClN4/c66-51-39-60-62-61(40-51)70(64-54(45-21-9-3-10-22-45)29-14-30-55(64)46-23-11-4-12-24-46)59-38-48(50-26-16-36-68-42-50)32-34-57(59)65(62)56-33-31-47(49-25-15-35-67-41-49)37-58(56)69(60)63-52(43-17-5-1-6-18-43)27-13-28-53(63)44-19-7-2-8-20-44/h1-42H. The van der Waals surface area contributed by atoms with Crippen molar-refractivity contribution in [2.45, 2.75) is 0 Å². The minimum absolute atomic E-state index is 0.168. The summed E-state index contributed by atoms with van der Waals surface area (Å²) in [6.07, 6.45) is 7.57. The molecule has 13 rings (SSSR count). The predicted molar refractivity (Wildman–Crippen MR) is 294 cm³/mol. The number of benzene rings is 9. The van der Waals surface area contributed by atoms with E-state index in [1.165, 1.54) is 16.4 Å². The molecular formula is C64H42BClN4. The van der Waals surface area contributed by atoms with Crippen LogP contribution in [0.1, 0.15) is 0 Å². The summed E-state index contributed by atoms with van der Waals surface area (Å²) in [4.78, 5) is 14.2. The summed E-state index contributed by atoms with van der Waals surface area (Å²) in [6, 6.07) is 83.1. The molecule has 0 spiro atoms. The van der Waals surface area contributed by atoms with Gasteiger partial charge >= 0.3 is 0 Å². The highest BCUT2D eigenvalue weighted by Crippen LogP contribution is 2.53. The van der Waals surface area contributed by atoms with Gasteiger partial charge < -0.3 is 9.80 Å². The first-order valence-electron chi connectivity index (χ1n) is 23.7. The van der Waals surface area contributed by atoms with Crippen molar-refractivity contribution in [3.05, 3.63) is 260 Å². The van der Waals surface area contributed by atoms with Crippen LogP contribution in [0.2, 0.25) is 5.02 Å². The first-order valence-corrected chi connectivity index (χ1v) is 24.1. The van der Waals surface area contributed by atoms with E-state index in [-0.39, 0.29) is 6.71 Å². The Morgan fingerprint density at radius 3 is 1.01 bits per heavy atom. The second-order valence-corrected chi connectivity index (χ2v) is 18.3. The van der Waals surface area contributed by atoms with E-state index < -0.39 is 0 Å². The fraction of sp³-hybridized carbons (Fsp3) is 0. The molecule has 0 saturated heterocycles. The van der Waals surface area contributed by atoms with Crippen LogP contribution in [0.25, 0.3) is 66.8 Å². The molecule has 4 nitrogen and oxygen atoms in total. The van der Waals surface area contributed by atoms with Crippen molar-refractivity contribution in [3.63, 3.8) is 0 Å². The molecule has 0 fully saturated rings. The largest absolute Gasteiger partial charge is 0.310 e. The number of halogens is 1. The molecule has 328 valence electrons. The van der Waals surface area contributed by atoms with Crippen LogP contribution in [0.5, 0.6) is 0 Å². The van der Waals surface area contributed by atoms with Crippen LogP contribution < -0.4 is 26.2 Å². The Morgan fingerprint density at radius 2 is 0.671 bits per heavy atom. The van der Waals surface area contributed by atoms with Crippen molar-refractivity contribution < 1.29 is 0 Å². The van der Waals surface area contributed by atoms with Gasteiger partial charge in [0.1, 0.15) is 0 Å². The van der Waals surface area contributed by atoms with Gasteiger partial charge in [-0.15, -0.1) is 0 Å². The fourth-order valence-corrected chi connectivity index (χ4v) is 11.0. The number of hydrogen-bond acceptors (Lipinski definition) is 4. The molecule has 0 bridgehead atoms. The molecule has 0 amide bonds. The highest BCUT2D eigenvalue weighted by Gasteiger charge is 2.45. The lowest BCUT2D eigenvalue weighted by Gasteiger charge is -2.46. The highest BCUT2D eigenvalue weighted by molar-refractivity contribution is 7.00. The minimum Gasteiger partial charge on any atom is -0.310 e. The van der Waals surface area contributed by atoms with Gasteiger partial charge in [0, 0.05) is 85.9 Å². The summed E-state index contributed by atoms with van der Waals surface area (Å²) >= 11 is 7.70. The second kappa shape index (κ2) is 17.4. The quantitative estimate of drug-likeness (QED) is 0.142. The number of pyridine rings is 2. The number of para-hydroxylation sites is 2. The average Bonchev–Trinajstić information content (AvgIpc) is 3.44. The molecule has 70 heavy (non-hydrogen) atoms. The van der Waals surface area contributed by atoms with Crippen LogP contribution in [-0.2, 0) is 0 Å².